The summed E-state index contributed by atoms with van der Waals surface area (Å²) in [4.78, 5) is 42.2. The van der Waals surface area contributed by atoms with Crippen LogP contribution in [0.15, 0.2) is 0 Å². The molecular formula is C24H40N4O6S. The highest BCUT2D eigenvalue weighted by atomic mass is 32.1. The van der Waals surface area contributed by atoms with Crippen LogP contribution in [0.1, 0.15) is 63.4 Å². The lowest BCUT2D eigenvalue weighted by Gasteiger charge is -2.31. The van der Waals surface area contributed by atoms with Crippen LogP contribution in [-0.2, 0) is 23.8 Å². The standard InChI is InChI=1S/C24H40N4O6S/c1-16-17(2)35-22(26-16)28-21(30)18-8-6-7-9-19(18)27-20(29)10-12-32-14-15-33-13-11-25-23(31)34-24(3,4)5/h18-19H,6-15H2,1-5H3,(H,25,31)(H,27,29)(H,26,28,30). The highest BCUT2D eigenvalue weighted by Crippen LogP contribution is 2.27. The number of thiazole rings is 1. The molecule has 3 amide bonds. The van der Waals surface area contributed by atoms with Gasteiger partial charge in [0.1, 0.15) is 5.60 Å². The van der Waals surface area contributed by atoms with E-state index < -0.39 is 11.7 Å². The second kappa shape index (κ2) is 14.4. The Bertz CT molecular complexity index is 819. The Kier molecular flexibility index (Phi) is 11.9. The molecule has 1 aliphatic carbocycles. The van der Waals surface area contributed by atoms with Crippen molar-refractivity contribution in [3.8, 4) is 0 Å². The van der Waals surface area contributed by atoms with E-state index in [2.05, 4.69) is 20.9 Å². The summed E-state index contributed by atoms with van der Waals surface area (Å²) in [6, 6.07) is -0.181. The molecule has 2 atom stereocenters. The molecule has 11 heteroatoms. The molecule has 0 radical (unpaired) electrons. The lowest BCUT2D eigenvalue weighted by atomic mass is 9.83. The fourth-order valence-electron chi connectivity index (χ4n) is 3.65. The van der Waals surface area contributed by atoms with Crippen LogP contribution in [0.4, 0.5) is 9.93 Å². The van der Waals surface area contributed by atoms with Gasteiger partial charge in [-0.25, -0.2) is 9.78 Å². The molecule has 2 unspecified atom stereocenters. The summed E-state index contributed by atoms with van der Waals surface area (Å²) in [5.41, 5.74) is 0.386. The zero-order chi connectivity index (χ0) is 25.8. The topological polar surface area (TPSA) is 128 Å². The van der Waals surface area contributed by atoms with Gasteiger partial charge in [0.25, 0.3) is 0 Å². The lowest BCUT2D eigenvalue weighted by Crippen LogP contribution is -2.46. The van der Waals surface area contributed by atoms with Crippen molar-refractivity contribution in [2.45, 2.75) is 78.4 Å². The Hall–Kier alpha value is -2.24. The Morgan fingerprint density at radius 1 is 1.03 bits per heavy atom. The van der Waals surface area contributed by atoms with Crippen LogP contribution in [0.2, 0.25) is 0 Å². The smallest absolute Gasteiger partial charge is 0.407 e. The molecule has 0 spiro atoms. The zero-order valence-electron chi connectivity index (χ0n) is 21.5. The number of anilines is 1. The number of rotatable bonds is 12. The Balaban J connectivity index is 1.58. The van der Waals surface area contributed by atoms with Gasteiger partial charge in [-0.2, -0.15) is 0 Å². The zero-order valence-corrected chi connectivity index (χ0v) is 22.3. The van der Waals surface area contributed by atoms with E-state index in [0.717, 1.165) is 36.3 Å². The molecule has 0 saturated heterocycles. The average molecular weight is 513 g/mol. The summed E-state index contributed by atoms with van der Waals surface area (Å²) < 4.78 is 16.0. The van der Waals surface area contributed by atoms with Crippen molar-refractivity contribution in [2.75, 3.05) is 38.3 Å². The monoisotopic (exact) mass is 512 g/mol. The molecule has 1 saturated carbocycles. The van der Waals surface area contributed by atoms with Crippen LogP contribution in [0.3, 0.4) is 0 Å². The first-order chi connectivity index (χ1) is 16.5. The molecule has 2 rings (SSSR count). The molecule has 1 fully saturated rings. The molecule has 1 aliphatic rings. The van der Waals surface area contributed by atoms with Gasteiger partial charge in [-0.1, -0.05) is 12.8 Å². The van der Waals surface area contributed by atoms with Crippen molar-refractivity contribution >= 4 is 34.4 Å². The SMILES string of the molecule is Cc1nc(NC(=O)C2CCCCC2NC(=O)CCOCCOCCNC(=O)OC(C)(C)C)sc1C. The number of hydrogen-bond donors (Lipinski definition) is 3. The van der Waals surface area contributed by atoms with Crippen LogP contribution >= 0.6 is 11.3 Å². The summed E-state index contributed by atoms with van der Waals surface area (Å²) in [6.07, 6.45) is 3.23. The van der Waals surface area contributed by atoms with Gasteiger partial charge in [-0.3, -0.25) is 9.59 Å². The molecule has 1 heterocycles. The van der Waals surface area contributed by atoms with E-state index in [4.69, 9.17) is 14.2 Å². The maximum atomic E-state index is 12.8. The molecule has 10 nitrogen and oxygen atoms in total. The molecule has 0 aromatic carbocycles. The quantitative estimate of drug-likeness (QED) is 0.367. The minimum atomic E-state index is -0.532. The van der Waals surface area contributed by atoms with Gasteiger partial charge in [-0.05, 0) is 47.5 Å². The molecule has 0 bridgehead atoms. The van der Waals surface area contributed by atoms with E-state index in [9.17, 15) is 14.4 Å². The number of aromatic nitrogens is 1. The number of nitrogens with zero attached hydrogens (tertiary/aromatic N) is 1. The highest BCUT2D eigenvalue weighted by molar-refractivity contribution is 7.15. The van der Waals surface area contributed by atoms with Gasteiger partial charge < -0.3 is 30.2 Å². The average Bonchev–Trinajstić information content (AvgIpc) is 3.08. The third kappa shape index (κ3) is 11.4. The van der Waals surface area contributed by atoms with Gasteiger partial charge in [0.2, 0.25) is 11.8 Å². The van der Waals surface area contributed by atoms with Gasteiger partial charge in [0.05, 0.1) is 38.0 Å². The van der Waals surface area contributed by atoms with E-state index in [1.54, 1.807) is 20.8 Å². The third-order valence-corrected chi connectivity index (χ3v) is 6.46. The number of aryl methyl sites for hydroxylation is 2. The van der Waals surface area contributed by atoms with Gasteiger partial charge >= 0.3 is 6.09 Å². The van der Waals surface area contributed by atoms with Crippen LogP contribution in [0, 0.1) is 19.8 Å². The summed E-state index contributed by atoms with van der Waals surface area (Å²) in [5, 5.41) is 9.16. The fraction of sp³-hybridized carbons (Fsp3) is 0.750. The minimum absolute atomic E-state index is 0.0849. The maximum absolute atomic E-state index is 12.8. The summed E-state index contributed by atoms with van der Waals surface area (Å²) in [7, 11) is 0. The minimum Gasteiger partial charge on any atom is -0.444 e. The molecular weight excluding hydrogens is 472 g/mol. The van der Waals surface area contributed by atoms with Gasteiger partial charge in [0, 0.05) is 23.9 Å². The third-order valence-electron chi connectivity index (χ3n) is 5.47. The first-order valence-electron chi connectivity index (χ1n) is 12.2. The second-order valence-electron chi connectivity index (χ2n) is 9.62. The number of carbonyl (C=O) groups excluding carboxylic acids is 3. The highest BCUT2D eigenvalue weighted by Gasteiger charge is 2.32. The summed E-state index contributed by atoms with van der Waals surface area (Å²) >= 11 is 1.47. The Morgan fingerprint density at radius 3 is 2.37 bits per heavy atom. The van der Waals surface area contributed by atoms with E-state index in [0.29, 0.717) is 31.5 Å². The Labute approximate surface area is 211 Å². The lowest BCUT2D eigenvalue weighted by molar-refractivity contribution is -0.125. The van der Waals surface area contributed by atoms with E-state index in [1.807, 2.05) is 13.8 Å². The molecule has 3 N–H and O–H groups in total. The van der Waals surface area contributed by atoms with Crippen molar-refractivity contribution in [3.05, 3.63) is 10.6 Å². The van der Waals surface area contributed by atoms with E-state index in [1.165, 1.54) is 11.3 Å². The normalized spacial score (nSPS) is 18.1. The number of carbonyl (C=O) groups is 3. The maximum Gasteiger partial charge on any atom is 0.407 e. The number of ether oxygens (including phenoxy) is 3. The predicted molar refractivity (Wildman–Crippen MR) is 135 cm³/mol. The van der Waals surface area contributed by atoms with Crippen LogP contribution in [-0.4, -0.2) is 67.5 Å². The largest absolute Gasteiger partial charge is 0.444 e. The molecule has 198 valence electrons. The predicted octanol–water partition coefficient (Wildman–Crippen LogP) is 3.32. The first kappa shape index (κ1) is 29.0. The van der Waals surface area contributed by atoms with E-state index >= 15 is 0 Å². The number of amides is 3. The molecule has 1 aromatic heterocycles. The number of alkyl carbamates (subject to hydrolysis) is 1. The molecule has 1 aromatic rings. The van der Waals surface area contributed by atoms with Crippen molar-refractivity contribution in [1.29, 1.82) is 0 Å². The van der Waals surface area contributed by atoms with Gasteiger partial charge in [0.15, 0.2) is 5.13 Å². The Morgan fingerprint density at radius 2 is 1.71 bits per heavy atom. The number of nitrogens with one attached hydrogen (secondary N) is 3. The van der Waals surface area contributed by atoms with E-state index in [-0.39, 0.29) is 36.8 Å². The summed E-state index contributed by atoms with van der Waals surface area (Å²) in [5.74, 6) is -0.475. The molecule has 35 heavy (non-hydrogen) atoms. The second-order valence-corrected chi connectivity index (χ2v) is 10.8. The van der Waals surface area contributed by atoms with Crippen molar-refractivity contribution < 1.29 is 28.6 Å². The fourth-order valence-corrected chi connectivity index (χ4v) is 4.46. The number of hydrogen-bond acceptors (Lipinski definition) is 8. The van der Waals surface area contributed by atoms with Crippen molar-refractivity contribution in [1.82, 2.24) is 15.6 Å². The van der Waals surface area contributed by atoms with Gasteiger partial charge in [-0.15, -0.1) is 11.3 Å². The first-order valence-corrected chi connectivity index (χ1v) is 13.0. The van der Waals surface area contributed by atoms with Crippen LogP contribution in [0.5, 0.6) is 0 Å². The van der Waals surface area contributed by atoms with Crippen molar-refractivity contribution in [2.24, 2.45) is 5.92 Å². The van der Waals surface area contributed by atoms with Crippen molar-refractivity contribution in [3.63, 3.8) is 0 Å². The van der Waals surface area contributed by atoms with Crippen LogP contribution in [0.25, 0.3) is 0 Å². The van der Waals surface area contributed by atoms with Crippen LogP contribution < -0.4 is 16.0 Å². The molecule has 0 aliphatic heterocycles. The summed E-state index contributed by atoms with van der Waals surface area (Å²) in [6.45, 7) is 11.0.